The van der Waals surface area contributed by atoms with Gasteiger partial charge in [-0.25, -0.2) is 14.4 Å². The molecule has 3 N–H and O–H groups in total. The number of amides is 2. The maximum Gasteiger partial charge on any atom is 0.508 e. The van der Waals surface area contributed by atoms with E-state index in [4.69, 9.17) is 49.1 Å². The molecule has 3 rings (SSSR count). The van der Waals surface area contributed by atoms with Crippen LogP contribution in [-0.4, -0.2) is 127 Å². The van der Waals surface area contributed by atoms with Crippen molar-refractivity contribution in [1.82, 2.24) is 10.6 Å². The summed E-state index contributed by atoms with van der Waals surface area (Å²) in [4.78, 5) is 37.2. The predicted molar refractivity (Wildman–Crippen MR) is 164 cm³/mol. The van der Waals surface area contributed by atoms with Crippen LogP contribution in [0.25, 0.3) is 0 Å². The van der Waals surface area contributed by atoms with Crippen molar-refractivity contribution in [3.8, 4) is 12.3 Å². The molecule has 0 radical (unpaired) electrons. The molecule has 2 amide bonds. The van der Waals surface area contributed by atoms with Crippen LogP contribution in [0.15, 0.2) is 30.3 Å². The predicted octanol–water partition coefficient (Wildman–Crippen LogP) is 1.25. The first-order valence-electron chi connectivity index (χ1n) is 15.2. The molecule has 6 atom stereocenters. The number of ether oxygens (including phenoxy) is 9. The number of hydrogen-bond donors (Lipinski definition) is 3. The van der Waals surface area contributed by atoms with Gasteiger partial charge in [0.25, 0.3) is 10.1 Å². The van der Waals surface area contributed by atoms with Gasteiger partial charge in [0.1, 0.15) is 25.9 Å². The van der Waals surface area contributed by atoms with Gasteiger partial charge in [-0.15, -0.1) is 6.42 Å². The standard InChI is InChI=1S/C30H42N2O15S/c1-3-10-39-12-14-41-16-17-42-15-13-40-11-9-31-28(33)47-27(24-20-44-30(35)45-24)26-21(2)23(18-25(46-26)48(36,37)38)32-29(34)43-19-22-7-5-4-6-8-22/h1,4-8,21,23-27H,9-20H2,2H3,(H,31,33)(H,32,34)(H,36,37,38)/t21-,23+,24-,25+,26-,27-/m1/s1. The third kappa shape index (κ3) is 13.8. The molecule has 0 bridgehead atoms. The van der Waals surface area contributed by atoms with Gasteiger partial charge in [0, 0.05) is 24.9 Å². The van der Waals surface area contributed by atoms with E-state index in [0.717, 1.165) is 5.56 Å². The van der Waals surface area contributed by atoms with E-state index in [0.29, 0.717) is 26.4 Å². The van der Waals surface area contributed by atoms with Crippen LogP contribution in [0.5, 0.6) is 0 Å². The minimum atomic E-state index is -4.79. The first-order chi connectivity index (χ1) is 23.1. The fraction of sp³-hybridized carbons (Fsp3) is 0.633. The van der Waals surface area contributed by atoms with Crippen molar-refractivity contribution in [3.05, 3.63) is 35.9 Å². The van der Waals surface area contributed by atoms with E-state index in [1.165, 1.54) is 0 Å². The maximum atomic E-state index is 12.8. The van der Waals surface area contributed by atoms with Gasteiger partial charge in [0.05, 0.1) is 46.2 Å². The molecule has 0 aliphatic carbocycles. The maximum absolute atomic E-state index is 12.8. The Morgan fingerprint density at radius 3 is 2.27 bits per heavy atom. The van der Waals surface area contributed by atoms with E-state index < -0.39 is 64.2 Å². The molecule has 268 valence electrons. The van der Waals surface area contributed by atoms with Crippen LogP contribution in [0, 0.1) is 18.3 Å². The average Bonchev–Trinajstić information content (AvgIpc) is 3.49. The molecule has 2 aliphatic rings. The van der Waals surface area contributed by atoms with Crippen molar-refractivity contribution in [2.45, 2.75) is 49.7 Å². The smallest absolute Gasteiger partial charge is 0.445 e. The molecule has 2 heterocycles. The topological polar surface area (TPSA) is 213 Å². The fourth-order valence-electron chi connectivity index (χ4n) is 4.72. The monoisotopic (exact) mass is 702 g/mol. The van der Waals surface area contributed by atoms with Crippen LogP contribution in [-0.2, 0) is 59.4 Å². The highest BCUT2D eigenvalue weighted by molar-refractivity contribution is 7.86. The van der Waals surface area contributed by atoms with Crippen LogP contribution in [0.4, 0.5) is 14.4 Å². The van der Waals surface area contributed by atoms with Gasteiger partial charge < -0.3 is 53.3 Å². The Hall–Kier alpha value is -3.70. The Kier molecular flexibility index (Phi) is 16.6. The fourth-order valence-corrected chi connectivity index (χ4v) is 5.44. The molecule has 1 aromatic rings. The SMILES string of the molecule is C#CCOCCOCCOCCOCCNC(=O)O[C@@H]([C@@H]1O[C@@H](S(=O)(=O)O)C[C@H](NC(=O)OCc2ccccc2)[C@H]1C)[C@H]1COC(=O)O1. The van der Waals surface area contributed by atoms with Crippen molar-refractivity contribution < 1.29 is 70.0 Å². The number of benzene rings is 1. The molecular formula is C30H42N2O15S. The minimum Gasteiger partial charge on any atom is -0.445 e. The van der Waals surface area contributed by atoms with Crippen LogP contribution >= 0.6 is 0 Å². The van der Waals surface area contributed by atoms with Crippen LogP contribution < -0.4 is 10.6 Å². The molecule has 0 aromatic heterocycles. The summed E-state index contributed by atoms with van der Waals surface area (Å²) in [7, 11) is -4.79. The van der Waals surface area contributed by atoms with E-state index in [1.54, 1.807) is 31.2 Å². The van der Waals surface area contributed by atoms with Crippen molar-refractivity contribution in [1.29, 1.82) is 0 Å². The lowest BCUT2D eigenvalue weighted by Crippen LogP contribution is -2.59. The summed E-state index contributed by atoms with van der Waals surface area (Å²) in [6.45, 7) is 3.64. The lowest BCUT2D eigenvalue weighted by atomic mass is 9.86. The zero-order valence-electron chi connectivity index (χ0n) is 26.5. The molecule has 2 aliphatic heterocycles. The van der Waals surface area contributed by atoms with Gasteiger partial charge in [-0.3, -0.25) is 4.55 Å². The Morgan fingerprint density at radius 1 is 1.02 bits per heavy atom. The molecule has 0 saturated carbocycles. The van der Waals surface area contributed by atoms with Crippen molar-refractivity contribution in [2.75, 3.05) is 66.0 Å². The molecule has 48 heavy (non-hydrogen) atoms. The van der Waals surface area contributed by atoms with E-state index >= 15 is 0 Å². The Labute approximate surface area is 278 Å². The summed E-state index contributed by atoms with van der Waals surface area (Å²) in [5.74, 6) is 1.62. The van der Waals surface area contributed by atoms with Gasteiger partial charge >= 0.3 is 18.3 Å². The Morgan fingerprint density at radius 2 is 1.67 bits per heavy atom. The highest BCUT2D eigenvalue weighted by atomic mass is 32.2. The summed E-state index contributed by atoms with van der Waals surface area (Å²) in [5, 5.41) is 5.10. The first kappa shape index (κ1) is 38.7. The van der Waals surface area contributed by atoms with E-state index in [1.807, 2.05) is 6.07 Å². The highest BCUT2D eigenvalue weighted by Crippen LogP contribution is 2.33. The molecule has 1 aromatic carbocycles. The lowest BCUT2D eigenvalue weighted by Gasteiger charge is -2.42. The second-order valence-corrected chi connectivity index (χ2v) is 12.1. The molecule has 2 saturated heterocycles. The van der Waals surface area contributed by atoms with E-state index in [-0.39, 0.29) is 52.6 Å². The number of rotatable bonds is 20. The zero-order chi connectivity index (χ0) is 34.8. The summed E-state index contributed by atoms with van der Waals surface area (Å²) in [6, 6.07) is 7.95. The van der Waals surface area contributed by atoms with Crippen LogP contribution in [0.2, 0.25) is 0 Å². The van der Waals surface area contributed by atoms with Gasteiger partial charge in [-0.2, -0.15) is 8.42 Å². The number of alkyl carbamates (subject to hydrolysis) is 2. The molecule has 18 heteroatoms. The number of carbonyl (C=O) groups excluding carboxylic acids is 3. The summed E-state index contributed by atoms with van der Waals surface area (Å²) < 4.78 is 81.9. The lowest BCUT2D eigenvalue weighted by molar-refractivity contribution is -0.142. The van der Waals surface area contributed by atoms with Crippen molar-refractivity contribution in [2.24, 2.45) is 5.92 Å². The van der Waals surface area contributed by atoms with Crippen LogP contribution in [0.1, 0.15) is 18.9 Å². The number of cyclic esters (lactones) is 2. The number of terminal acetylenes is 1. The second kappa shape index (κ2) is 20.6. The molecule has 0 unspecified atom stereocenters. The second-order valence-electron chi connectivity index (χ2n) is 10.6. The summed E-state index contributed by atoms with van der Waals surface area (Å²) in [5.41, 5.74) is -1.08. The molecular weight excluding hydrogens is 660 g/mol. The first-order valence-corrected chi connectivity index (χ1v) is 16.7. The largest absolute Gasteiger partial charge is 0.508 e. The average molecular weight is 703 g/mol. The van der Waals surface area contributed by atoms with Crippen molar-refractivity contribution >= 4 is 28.5 Å². The van der Waals surface area contributed by atoms with Crippen molar-refractivity contribution in [3.63, 3.8) is 0 Å². The van der Waals surface area contributed by atoms with E-state index in [2.05, 4.69) is 16.6 Å². The number of carbonyl (C=O) groups is 3. The zero-order valence-corrected chi connectivity index (χ0v) is 27.3. The third-order valence-electron chi connectivity index (χ3n) is 7.12. The van der Waals surface area contributed by atoms with Gasteiger partial charge in [-0.1, -0.05) is 43.2 Å². The third-order valence-corrected chi connectivity index (χ3v) is 8.09. The number of hydrogen-bond acceptors (Lipinski definition) is 14. The molecule has 17 nitrogen and oxygen atoms in total. The molecule has 0 spiro atoms. The van der Waals surface area contributed by atoms with Gasteiger partial charge in [0.2, 0.25) is 0 Å². The summed E-state index contributed by atoms with van der Waals surface area (Å²) in [6.07, 6.45) is -1.97. The quantitative estimate of drug-likeness (QED) is 0.0574. The van der Waals surface area contributed by atoms with Crippen LogP contribution in [0.3, 0.4) is 0 Å². The summed E-state index contributed by atoms with van der Waals surface area (Å²) >= 11 is 0. The minimum absolute atomic E-state index is 0.0272. The number of nitrogens with one attached hydrogen (secondary N) is 2. The normalized spacial score (nSPS) is 22.9. The van der Waals surface area contributed by atoms with Gasteiger partial charge in [-0.05, 0) is 5.56 Å². The molecule has 2 fully saturated rings. The Balaban J connectivity index is 1.50. The van der Waals surface area contributed by atoms with E-state index in [9.17, 15) is 27.4 Å². The van der Waals surface area contributed by atoms with Gasteiger partial charge in [0.15, 0.2) is 17.6 Å². The Bertz CT molecular complexity index is 1290. The highest BCUT2D eigenvalue weighted by Gasteiger charge is 2.50.